The molecule has 1 aliphatic rings. The topological polar surface area (TPSA) is 85.3 Å². The number of nitrogens with zero attached hydrogens (tertiary/aromatic N) is 6. The van der Waals surface area contributed by atoms with E-state index in [1.54, 1.807) is 18.4 Å². The number of aryl methyl sites for hydroxylation is 1. The van der Waals surface area contributed by atoms with E-state index in [0.717, 1.165) is 83.5 Å². The van der Waals surface area contributed by atoms with Crippen molar-refractivity contribution in [2.24, 2.45) is 0 Å². The number of thiophene rings is 1. The lowest BCUT2D eigenvalue weighted by molar-refractivity contribution is 0.250. The summed E-state index contributed by atoms with van der Waals surface area (Å²) in [6, 6.07) is 20.7. The molecule has 6 rings (SSSR count). The Hall–Kier alpha value is -3.95. The molecule has 0 aliphatic carbocycles. The predicted molar refractivity (Wildman–Crippen MR) is 155 cm³/mol. The number of ether oxygens (including phenoxy) is 1. The smallest absolute Gasteiger partial charge is 0.142 e. The van der Waals surface area contributed by atoms with Gasteiger partial charge in [-0.25, -0.2) is 15.0 Å². The fourth-order valence-electron chi connectivity index (χ4n) is 5.18. The molecule has 4 heterocycles. The second-order valence-corrected chi connectivity index (χ2v) is 10.5. The number of nitrogens with two attached hydrogens (primary N) is 1. The number of hydrogen-bond donors (Lipinski definition) is 1. The molecule has 3 aromatic heterocycles. The van der Waals surface area contributed by atoms with Gasteiger partial charge in [-0.15, -0.1) is 11.3 Å². The minimum atomic E-state index is 0.511. The lowest BCUT2D eigenvalue weighted by Crippen LogP contribution is -2.46. The molecule has 2 aromatic carbocycles. The van der Waals surface area contributed by atoms with Gasteiger partial charge in [0.1, 0.15) is 22.7 Å². The molecule has 1 fully saturated rings. The lowest BCUT2D eigenvalue weighted by Gasteiger charge is -2.36. The highest BCUT2D eigenvalue weighted by Gasteiger charge is 2.21. The maximum atomic E-state index is 6.15. The van der Waals surface area contributed by atoms with Gasteiger partial charge in [-0.3, -0.25) is 4.90 Å². The normalized spacial score (nSPS) is 14.3. The van der Waals surface area contributed by atoms with Crippen molar-refractivity contribution in [3.05, 3.63) is 73.3 Å². The Morgan fingerprint density at radius 2 is 1.71 bits per heavy atom. The molecule has 0 saturated carbocycles. The predicted octanol–water partition coefficient (Wildman–Crippen LogP) is 5.02. The van der Waals surface area contributed by atoms with Crippen LogP contribution in [0.1, 0.15) is 6.42 Å². The molecule has 2 N–H and O–H groups in total. The van der Waals surface area contributed by atoms with Crippen molar-refractivity contribution in [2.45, 2.75) is 13.0 Å². The standard InChI is InChI=1S/C29H31N7OS/c1-37-24-11-6-5-10-23(24)35-16-14-34(15-17-35)12-7-13-36-20-33-26(21-8-3-2-4-9-21)27(36)25-18-22-28(30)31-19-32-29(22)38-25/h2-6,8-11,18-20H,7,12-17H2,1H3,(H2,30,31,32). The van der Waals surface area contributed by atoms with E-state index in [4.69, 9.17) is 15.5 Å². The van der Waals surface area contributed by atoms with Gasteiger partial charge in [-0.1, -0.05) is 42.5 Å². The highest BCUT2D eigenvalue weighted by atomic mass is 32.1. The van der Waals surface area contributed by atoms with E-state index in [2.05, 4.69) is 66.8 Å². The molecule has 0 unspecified atom stereocenters. The van der Waals surface area contributed by atoms with Crippen LogP contribution >= 0.6 is 11.3 Å². The maximum Gasteiger partial charge on any atom is 0.142 e. The van der Waals surface area contributed by atoms with Crippen LogP contribution in [-0.4, -0.2) is 64.3 Å². The summed E-state index contributed by atoms with van der Waals surface area (Å²) in [5.41, 5.74) is 10.5. The fourth-order valence-corrected chi connectivity index (χ4v) is 6.24. The zero-order valence-corrected chi connectivity index (χ0v) is 22.3. The van der Waals surface area contributed by atoms with Gasteiger partial charge >= 0.3 is 0 Å². The van der Waals surface area contributed by atoms with Crippen molar-refractivity contribution in [1.82, 2.24) is 24.4 Å². The van der Waals surface area contributed by atoms with Crippen molar-refractivity contribution in [2.75, 3.05) is 50.5 Å². The Kier molecular flexibility index (Phi) is 6.94. The van der Waals surface area contributed by atoms with E-state index >= 15 is 0 Å². The van der Waals surface area contributed by atoms with E-state index in [9.17, 15) is 0 Å². The van der Waals surface area contributed by atoms with Crippen molar-refractivity contribution >= 4 is 33.1 Å². The van der Waals surface area contributed by atoms with Crippen LogP contribution in [0.25, 0.3) is 32.0 Å². The zero-order chi connectivity index (χ0) is 25.9. The SMILES string of the molecule is COc1ccccc1N1CCN(CCCn2cnc(-c3ccccc3)c2-c2cc3c(N)ncnc3s2)CC1. The number of piperazine rings is 1. The first-order valence-electron chi connectivity index (χ1n) is 12.9. The number of benzene rings is 2. The van der Waals surface area contributed by atoms with Crippen LogP contribution in [0.4, 0.5) is 11.5 Å². The van der Waals surface area contributed by atoms with E-state index in [-0.39, 0.29) is 0 Å². The Labute approximate surface area is 226 Å². The van der Waals surface area contributed by atoms with Gasteiger partial charge in [0.2, 0.25) is 0 Å². The molecule has 0 radical (unpaired) electrons. The van der Waals surface area contributed by atoms with Crippen LogP contribution in [0.3, 0.4) is 0 Å². The number of aromatic nitrogens is 4. The molecule has 1 aliphatic heterocycles. The lowest BCUT2D eigenvalue weighted by atomic mass is 10.1. The van der Waals surface area contributed by atoms with Gasteiger partial charge in [0, 0.05) is 38.3 Å². The molecule has 8 nitrogen and oxygen atoms in total. The molecular weight excluding hydrogens is 494 g/mol. The molecular formula is C29H31N7OS. The quantitative estimate of drug-likeness (QED) is 0.304. The van der Waals surface area contributed by atoms with Crippen molar-refractivity contribution in [3.63, 3.8) is 0 Å². The van der Waals surface area contributed by atoms with Gasteiger partial charge in [-0.05, 0) is 31.2 Å². The van der Waals surface area contributed by atoms with Crippen molar-refractivity contribution in [1.29, 1.82) is 0 Å². The average molecular weight is 526 g/mol. The zero-order valence-electron chi connectivity index (χ0n) is 21.5. The third-order valence-corrected chi connectivity index (χ3v) is 8.20. The third kappa shape index (κ3) is 4.82. The van der Waals surface area contributed by atoms with Crippen molar-refractivity contribution in [3.8, 4) is 27.6 Å². The Morgan fingerprint density at radius 3 is 2.50 bits per heavy atom. The van der Waals surface area contributed by atoms with Crippen LogP contribution in [0.5, 0.6) is 5.75 Å². The summed E-state index contributed by atoms with van der Waals surface area (Å²) in [6.45, 7) is 6.01. The monoisotopic (exact) mass is 525 g/mol. The Bertz CT molecular complexity index is 1520. The number of nitrogen functional groups attached to an aromatic ring is 1. The van der Waals surface area contributed by atoms with Crippen LogP contribution in [-0.2, 0) is 6.54 Å². The first kappa shape index (κ1) is 24.4. The van der Waals surface area contributed by atoms with Gasteiger partial charge < -0.3 is 19.9 Å². The van der Waals surface area contributed by atoms with Crippen LogP contribution in [0, 0.1) is 0 Å². The highest BCUT2D eigenvalue weighted by Crippen LogP contribution is 2.39. The van der Waals surface area contributed by atoms with Crippen LogP contribution in [0.15, 0.2) is 73.3 Å². The highest BCUT2D eigenvalue weighted by molar-refractivity contribution is 7.21. The Morgan fingerprint density at radius 1 is 0.921 bits per heavy atom. The molecule has 0 bridgehead atoms. The second kappa shape index (κ2) is 10.8. The van der Waals surface area contributed by atoms with E-state index in [1.165, 1.54) is 12.0 Å². The average Bonchev–Trinajstić information content (AvgIpc) is 3.59. The number of para-hydroxylation sites is 2. The van der Waals surface area contributed by atoms with Gasteiger partial charge in [0.15, 0.2) is 0 Å². The summed E-state index contributed by atoms with van der Waals surface area (Å²) in [6.07, 6.45) is 4.54. The minimum Gasteiger partial charge on any atom is -0.495 e. The molecule has 38 heavy (non-hydrogen) atoms. The van der Waals surface area contributed by atoms with Crippen LogP contribution in [0.2, 0.25) is 0 Å². The number of hydrogen-bond acceptors (Lipinski definition) is 8. The summed E-state index contributed by atoms with van der Waals surface area (Å²) in [5.74, 6) is 1.45. The maximum absolute atomic E-state index is 6.15. The number of anilines is 2. The summed E-state index contributed by atoms with van der Waals surface area (Å²) in [4.78, 5) is 20.4. The summed E-state index contributed by atoms with van der Waals surface area (Å²) >= 11 is 1.64. The van der Waals surface area contributed by atoms with Gasteiger partial charge in [-0.2, -0.15) is 0 Å². The van der Waals surface area contributed by atoms with E-state index < -0.39 is 0 Å². The van der Waals surface area contributed by atoms with Gasteiger partial charge in [0.05, 0.1) is 40.8 Å². The summed E-state index contributed by atoms with van der Waals surface area (Å²) in [5, 5.41) is 0.896. The number of fused-ring (bicyclic) bond motifs is 1. The van der Waals surface area contributed by atoms with Gasteiger partial charge in [0.25, 0.3) is 0 Å². The van der Waals surface area contributed by atoms with Crippen LogP contribution < -0.4 is 15.4 Å². The molecule has 0 amide bonds. The summed E-state index contributed by atoms with van der Waals surface area (Å²) in [7, 11) is 1.74. The number of methoxy groups -OCH3 is 1. The fraction of sp³-hybridized carbons (Fsp3) is 0.276. The molecule has 1 saturated heterocycles. The number of imidazole rings is 1. The van der Waals surface area contributed by atoms with E-state index in [1.807, 2.05) is 24.5 Å². The Balaban J connectivity index is 1.17. The number of rotatable bonds is 8. The van der Waals surface area contributed by atoms with E-state index in [0.29, 0.717) is 5.82 Å². The first-order chi connectivity index (χ1) is 18.7. The van der Waals surface area contributed by atoms with Crippen molar-refractivity contribution < 1.29 is 4.74 Å². The second-order valence-electron chi connectivity index (χ2n) is 9.44. The molecule has 5 aromatic rings. The molecule has 194 valence electrons. The molecule has 0 atom stereocenters. The molecule has 9 heteroatoms. The molecule has 0 spiro atoms. The third-order valence-electron chi connectivity index (χ3n) is 7.15. The first-order valence-corrected chi connectivity index (χ1v) is 13.7. The minimum absolute atomic E-state index is 0.511. The largest absolute Gasteiger partial charge is 0.495 e. The summed E-state index contributed by atoms with van der Waals surface area (Å²) < 4.78 is 7.85.